The van der Waals surface area contributed by atoms with E-state index in [1.807, 2.05) is 0 Å². The molecule has 1 unspecified atom stereocenters. The summed E-state index contributed by atoms with van der Waals surface area (Å²) in [5.74, 6) is 0. The molecule has 0 aliphatic carbocycles. The number of aromatic amines is 1. The van der Waals surface area contributed by atoms with E-state index in [9.17, 15) is 8.42 Å². The summed E-state index contributed by atoms with van der Waals surface area (Å²) in [6.07, 6.45) is 2.20. The number of aromatic nitrogens is 2. The minimum Gasteiger partial charge on any atom is -0.299 e. The molecule has 2 N–H and O–H groups in total. The Morgan fingerprint density at radius 2 is 2.21 bits per heavy atom. The molecule has 1 atom stereocenters. The second-order valence-corrected chi connectivity index (χ2v) is 6.74. The van der Waals surface area contributed by atoms with Gasteiger partial charge in [-0.2, -0.15) is 5.10 Å². The molecule has 108 valence electrons. The molecule has 0 saturated carbocycles. The smallest absolute Gasteiger partial charge is 0.244 e. The monoisotopic (exact) mass is 286 g/mol. The van der Waals surface area contributed by atoms with Gasteiger partial charge in [0.25, 0.3) is 0 Å². The Hall–Kier alpha value is -0.920. The third-order valence-electron chi connectivity index (χ3n) is 3.74. The number of likely N-dealkylation sites (tertiary alicyclic amines) is 1. The van der Waals surface area contributed by atoms with Crippen LogP contribution < -0.4 is 4.72 Å². The molecular weight excluding hydrogens is 264 g/mol. The number of hydrogen-bond acceptors (Lipinski definition) is 4. The highest BCUT2D eigenvalue weighted by atomic mass is 32.2. The highest BCUT2D eigenvalue weighted by molar-refractivity contribution is 7.89. The van der Waals surface area contributed by atoms with Gasteiger partial charge in [-0.15, -0.1) is 0 Å². The summed E-state index contributed by atoms with van der Waals surface area (Å²) >= 11 is 0. The predicted octanol–water partition coefficient (Wildman–Crippen LogP) is 0.789. The summed E-state index contributed by atoms with van der Waals surface area (Å²) in [6, 6.07) is 0.312. The van der Waals surface area contributed by atoms with Crippen LogP contribution in [0, 0.1) is 13.8 Å². The Morgan fingerprint density at radius 1 is 1.47 bits per heavy atom. The number of rotatable bonds is 5. The highest BCUT2D eigenvalue weighted by Crippen LogP contribution is 2.19. The molecule has 0 bridgehead atoms. The largest absolute Gasteiger partial charge is 0.299 e. The van der Waals surface area contributed by atoms with Gasteiger partial charge in [-0.3, -0.25) is 10.00 Å². The Morgan fingerprint density at radius 3 is 2.79 bits per heavy atom. The van der Waals surface area contributed by atoms with Gasteiger partial charge in [0, 0.05) is 12.6 Å². The summed E-state index contributed by atoms with van der Waals surface area (Å²) in [6.45, 7) is 8.04. The van der Waals surface area contributed by atoms with Crippen LogP contribution in [0.4, 0.5) is 0 Å². The first-order chi connectivity index (χ1) is 8.95. The fraction of sp³-hybridized carbons (Fsp3) is 0.750. The van der Waals surface area contributed by atoms with E-state index in [4.69, 9.17) is 0 Å². The second kappa shape index (κ2) is 5.60. The number of nitrogens with zero attached hydrogens (tertiary/aromatic N) is 2. The van der Waals surface area contributed by atoms with E-state index in [2.05, 4.69) is 26.7 Å². The van der Waals surface area contributed by atoms with Gasteiger partial charge in [0.05, 0.1) is 11.4 Å². The van der Waals surface area contributed by atoms with Crippen molar-refractivity contribution in [2.45, 2.75) is 44.6 Å². The van der Waals surface area contributed by atoms with Crippen molar-refractivity contribution < 1.29 is 8.42 Å². The third kappa shape index (κ3) is 2.98. The molecule has 0 aromatic carbocycles. The van der Waals surface area contributed by atoms with Crippen LogP contribution in [0.5, 0.6) is 0 Å². The minimum atomic E-state index is -3.47. The van der Waals surface area contributed by atoms with Crippen LogP contribution in [-0.2, 0) is 10.0 Å². The first-order valence-electron chi connectivity index (χ1n) is 6.71. The second-order valence-electron chi connectivity index (χ2n) is 5.04. The van der Waals surface area contributed by atoms with Crippen LogP contribution in [-0.4, -0.2) is 49.2 Å². The van der Waals surface area contributed by atoms with E-state index >= 15 is 0 Å². The molecule has 7 heteroatoms. The maximum atomic E-state index is 12.3. The third-order valence-corrected chi connectivity index (χ3v) is 5.43. The lowest BCUT2D eigenvalue weighted by atomic mass is 10.2. The number of aryl methyl sites for hydroxylation is 2. The van der Waals surface area contributed by atoms with Crippen molar-refractivity contribution in [3.8, 4) is 0 Å². The summed E-state index contributed by atoms with van der Waals surface area (Å²) < 4.78 is 27.3. The molecule has 1 aliphatic rings. The Labute approximate surface area is 114 Å². The van der Waals surface area contributed by atoms with Crippen molar-refractivity contribution in [3.63, 3.8) is 0 Å². The van der Waals surface area contributed by atoms with Gasteiger partial charge in [-0.1, -0.05) is 6.92 Å². The van der Waals surface area contributed by atoms with Crippen molar-refractivity contribution in [3.05, 3.63) is 11.4 Å². The van der Waals surface area contributed by atoms with Gasteiger partial charge in [-0.25, -0.2) is 13.1 Å². The van der Waals surface area contributed by atoms with Crippen LogP contribution >= 0.6 is 0 Å². The predicted molar refractivity (Wildman–Crippen MR) is 73.5 cm³/mol. The zero-order valence-electron chi connectivity index (χ0n) is 11.7. The van der Waals surface area contributed by atoms with Crippen LogP contribution in [0.25, 0.3) is 0 Å². The van der Waals surface area contributed by atoms with Crippen molar-refractivity contribution >= 4 is 10.0 Å². The number of hydrogen-bond donors (Lipinski definition) is 2. The maximum Gasteiger partial charge on any atom is 0.244 e. The van der Waals surface area contributed by atoms with Crippen LogP contribution in [0.15, 0.2) is 4.90 Å². The van der Waals surface area contributed by atoms with Crippen molar-refractivity contribution in [2.24, 2.45) is 0 Å². The molecule has 0 spiro atoms. The van der Waals surface area contributed by atoms with Crippen molar-refractivity contribution in [1.29, 1.82) is 0 Å². The van der Waals surface area contributed by atoms with Crippen LogP contribution in [0.3, 0.4) is 0 Å². The number of sulfonamides is 1. The summed E-state index contributed by atoms with van der Waals surface area (Å²) in [5, 5.41) is 6.65. The number of H-pyrrole nitrogens is 1. The van der Waals surface area contributed by atoms with Gasteiger partial charge in [0.1, 0.15) is 4.90 Å². The molecule has 1 aromatic rings. The number of likely N-dealkylation sites (N-methyl/N-ethyl adjacent to an activating group) is 1. The SMILES string of the molecule is CCN1CCCC1CNS(=O)(=O)c1c(C)n[nH]c1C. The molecule has 1 aliphatic heterocycles. The molecule has 19 heavy (non-hydrogen) atoms. The van der Waals surface area contributed by atoms with E-state index in [0.29, 0.717) is 24.0 Å². The average Bonchev–Trinajstić information content (AvgIpc) is 2.93. The first-order valence-corrected chi connectivity index (χ1v) is 8.19. The summed E-state index contributed by atoms with van der Waals surface area (Å²) in [5.41, 5.74) is 1.10. The Bertz CT molecular complexity index is 518. The normalized spacial score (nSPS) is 21.1. The van der Waals surface area contributed by atoms with E-state index in [0.717, 1.165) is 25.9 Å². The van der Waals surface area contributed by atoms with E-state index in [1.54, 1.807) is 13.8 Å². The zero-order valence-corrected chi connectivity index (χ0v) is 12.5. The van der Waals surface area contributed by atoms with Gasteiger partial charge < -0.3 is 0 Å². The first kappa shape index (κ1) is 14.5. The molecule has 1 fully saturated rings. The zero-order chi connectivity index (χ0) is 14.0. The van der Waals surface area contributed by atoms with Crippen LogP contribution in [0.2, 0.25) is 0 Å². The molecule has 1 saturated heterocycles. The van der Waals surface area contributed by atoms with Crippen molar-refractivity contribution in [1.82, 2.24) is 19.8 Å². The standard InChI is InChI=1S/C12H22N4O2S/c1-4-16-7-5-6-11(16)8-13-19(17,18)12-9(2)14-15-10(12)3/h11,13H,4-8H2,1-3H3,(H,14,15). The summed E-state index contributed by atoms with van der Waals surface area (Å²) in [7, 11) is -3.47. The molecule has 0 radical (unpaired) electrons. The van der Waals surface area contributed by atoms with E-state index < -0.39 is 10.0 Å². The lowest BCUT2D eigenvalue weighted by Crippen LogP contribution is -2.40. The lowest BCUT2D eigenvalue weighted by molar-refractivity contribution is 0.268. The van der Waals surface area contributed by atoms with E-state index in [1.165, 1.54) is 0 Å². The Kier molecular flexibility index (Phi) is 4.27. The van der Waals surface area contributed by atoms with Crippen molar-refractivity contribution in [2.75, 3.05) is 19.6 Å². The molecule has 6 nitrogen and oxygen atoms in total. The topological polar surface area (TPSA) is 78.1 Å². The molecular formula is C12H22N4O2S. The molecule has 1 aromatic heterocycles. The average molecular weight is 286 g/mol. The highest BCUT2D eigenvalue weighted by Gasteiger charge is 2.27. The quantitative estimate of drug-likeness (QED) is 0.839. The van der Waals surface area contributed by atoms with Crippen LogP contribution in [0.1, 0.15) is 31.2 Å². The van der Waals surface area contributed by atoms with Gasteiger partial charge >= 0.3 is 0 Å². The molecule has 2 heterocycles. The molecule has 0 amide bonds. The maximum absolute atomic E-state index is 12.3. The summed E-state index contributed by atoms with van der Waals surface area (Å²) in [4.78, 5) is 2.60. The van der Waals surface area contributed by atoms with Gasteiger partial charge in [0.15, 0.2) is 0 Å². The lowest BCUT2D eigenvalue weighted by Gasteiger charge is -2.22. The van der Waals surface area contributed by atoms with E-state index in [-0.39, 0.29) is 4.90 Å². The van der Waals surface area contributed by atoms with Gasteiger partial charge in [0.2, 0.25) is 10.0 Å². The minimum absolute atomic E-state index is 0.286. The Balaban J connectivity index is 2.06. The van der Waals surface area contributed by atoms with Gasteiger partial charge in [-0.05, 0) is 39.8 Å². The molecule has 2 rings (SSSR count). The number of nitrogens with one attached hydrogen (secondary N) is 2. The fourth-order valence-electron chi connectivity index (χ4n) is 2.76. The fourth-order valence-corrected chi connectivity index (χ4v) is 4.20.